The number of anilines is 1. The Morgan fingerprint density at radius 3 is 2.50 bits per heavy atom. The number of nitrogens with two attached hydrogens (primary N) is 1. The number of benzene rings is 2. The van der Waals surface area contributed by atoms with E-state index in [2.05, 4.69) is 5.32 Å². The average Bonchev–Trinajstić information content (AvgIpc) is 2.41. The van der Waals surface area contributed by atoms with Gasteiger partial charge >= 0.3 is 0 Å². The molecule has 0 aromatic heterocycles. The van der Waals surface area contributed by atoms with E-state index >= 15 is 0 Å². The Balaban J connectivity index is 2.25. The van der Waals surface area contributed by atoms with E-state index in [0.717, 1.165) is 18.2 Å². The summed E-state index contributed by atoms with van der Waals surface area (Å²) in [7, 11) is 0. The maximum absolute atomic E-state index is 13.4. The van der Waals surface area contributed by atoms with Gasteiger partial charge in [0, 0.05) is 11.3 Å². The molecule has 0 heterocycles. The lowest BCUT2D eigenvalue weighted by Gasteiger charge is -2.07. The van der Waals surface area contributed by atoms with E-state index in [1.165, 1.54) is 24.3 Å². The molecule has 0 fully saturated rings. The fraction of sp³-hybridized carbons (Fsp3) is 0. The van der Waals surface area contributed by atoms with E-state index in [9.17, 15) is 18.4 Å². The van der Waals surface area contributed by atoms with Gasteiger partial charge < -0.3 is 11.1 Å². The molecule has 0 radical (unpaired) electrons. The van der Waals surface area contributed by atoms with E-state index in [-0.39, 0.29) is 11.3 Å². The average molecular weight is 276 g/mol. The number of rotatable bonds is 3. The Kier molecular flexibility index (Phi) is 3.74. The summed E-state index contributed by atoms with van der Waals surface area (Å²) in [5, 5.41) is 2.37. The fourth-order valence-corrected chi connectivity index (χ4v) is 1.62. The summed E-state index contributed by atoms with van der Waals surface area (Å²) >= 11 is 0. The second-order valence-corrected chi connectivity index (χ2v) is 4.02. The molecule has 0 aliphatic heterocycles. The molecule has 0 bridgehead atoms. The molecular formula is C14H10F2N2O2. The molecule has 0 atom stereocenters. The molecule has 0 saturated heterocycles. The van der Waals surface area contributed by atoms with Crippen LogP contribution in [0.2, 0.25) is 0 Å². The minimum atomic E-state index is -0.838. The number of amides is 2. The van der Waals surface area contributed by atoms with Gasteiger partial charge in [0.2, 0.25) is 5.91 Å². The van der Waals surface area contributed by atoms with Gasteiger partial charge in [-0.25, -0.2) is 8.78 Å². The first-order valence-corrected chi connectivity index (χ1v) is 5.63. The minimum absolute atomic E-state index is 0.197. The lowest BCUT2D eigenvalue weighted by atomic mass is 10.1. The summed E-state index contributed by atoms with van der Waals surface area (Å²) < 4.78 is 26.4. The van der Waals surface area contributed by atoms with Crippen LogP contribution in [0.5, 0.6) is 0 Å². The molecule has 20 heavy (non-hydrogen) atoms. The second-order valence-electron chi connectivity index (χ2n) is 4.02. The summed E-state index contributed by atoms with van der Waals surface area (Å²) in [4.78, 5) is 22.8. The van der Waals surface area contributed by atoms with Crippen LogP contribution in [0.25, 0.3) is 0 Å². The fourth-order valence-electron chi connectivity index (χ4n) is 1.62. The number of primary amides is 1. The van der Waals surface area contributed by atoms with Gasteiger partial charge in [-0.2, -0.15) is 0 Å². The number of carbonyl (C=O) groups excluding carboxylic acids is 2. The molecule has 0 aliphatic carbocycles. The van der Waals surface area contributed by atoms with Crippen LogP contribution in [-0.4, -0.2) is 11.8 Å². The molecule has 2 aromatic carbocycles. The highest BCUT2D eigenvalue weighted by atomic mass is 19.1. The highest BCUT2D eigenvalue weighted by Gasteiger charge is 2.13. The third kappa shape index (κ3) is 2.97. The van der Waals surface area contributed by atoms with Crippen LogP contribution < -0.4 is 11.1 Å². The Morgan fingerprint density at radius 1 is 1.05 bits per heavy atom. The lowest BCUT2D eigenvalue weighted by Crippen LogP contribution is -2.15. The van der Waals surface area contributed by atoms with Crippen LogP contribution in [0.1, 0.15) is 20.7 Å². The number of halogens is 2. The van der Waals surface area contributed by atoms with Crippen LogP contribution in [-0.2, 0) is 0 Å². The molecule has 3 N–H and O–H groups in total. The van der Waals surface area contributed by atoms with Crippen molar-refractivity contribution in [2.24, 2.45) is 5.73 Å². The van der Waals surface area contributed by atoms with Crippen molar-refractivity contribution < 1.29 is 18.4 Å². The van der Waals surface area contributed by atoms with Gasteiger partial charge in [-0.3, -0.25) is 9.59 Å². The summed E-state index contributed by atoms with van der Waals surface area (Å²) in [6, 6.07) is 8.41. The Labute approximate surface area is 113 Å². The maximum Gasteiger partial charge on any atom is 0.258 e. The van der Waals surface area contributed by atoms with Crippen molar-refractivity contribution in [1.82, 2.24) is 0 Å². The quantitative estimate of drug-likeness (QED) is 0.903. The summed E-state index contributed by atoms with van der Waals surface area (Å²) in [6.07, 6.45) is 0. The smallest absolute Gasteiger partial charge is 0.258 e. The van der Waals surface area contributed by atoms with Gasteiger partial charge in [0.25, 0.3) is 5.91 Å². The van der Waals surface area contributed by atoms with Gasteiger partial charge in [-0.15, -0.1) is 0 Å². The number of nitrogens with one attached hydrogen (secondary N) is 1. The minimum Gasteiger partial charge on any atom is -0.366 e. The first-order chi connectivity index (χ1) is 9.47. The van der Waals surface area contributed by atoms with Crippen LogP contribution in [0.3, 0.4) is 0 Å². The summed E-state index contributed by atoms with van der Waals surface area (Å²) in [5.74, 6) is -3.03. The normalized spacial score (nSPS) is 10.1. The highest BCUT2D eigenvalue weighted by Crippen LogP contribution is 2.14. The first-order valence-electron chi connectivity index (χ1n) is 5.63. The summed E-state index contributed by atoms with van der Waals surface area (Å²) in [5.41, 5.74) is 5.14. The van der Waals surface area contributed by atoms with Gasteiger partial charge in [0.05, 0.1) is 5.56 Å². The first kappa shape index (κ1) is 13.7. The zero-order valence-corrected chi connectivity index (χ0v) is 10.2. The molecule has 2 rings (SSSR count). The van der Waals surface area contributed by atoms with Crippen molar-refractivity contribution in [2.75, 3.05) is 5.32 Å². The molecular weight excluding hydrogens is 266 g/mol. The van der Waals surface area contributed by atoms with E-state index in [0.29, 0.717) is 0 Å². The van der Waals surface area contributed by atoms with Crippen LogP contribution in [0.4, 0.5) is 14.5 Å². The monoisotopic (exact) mass is 276 g/mol. The maximum atomic E-state index is 13.4. The van der Waals surface area contributed by atoms with Crippen LogP contribution >= 0.6 is 0 Å². The summed E-state index contributed by atoms with van der Waals surface area (Å²) in [6.45, 7) is 0. The van der Waals surface area contributed by atoms with Gasteiger partial charge in [0.15, 0.2) is 0 Å². The predicted octanol–water partition coefficient (Wildman–Crippen LogP) is 2.32. The van der Waals surface area contributed by atoms with Crippen molar-refractivity contribution in [3.8, 4) is 0 Å². The van der Waals surface area contributed by atoms with Gasteiger partial charge in [-0.1, -0.05) is 6.07 Å². The highest BCUT2D eigenvalue weighted by molar-refractivity contribution is 6.05. The van der Waals surface area contributed by atoms with E-state index in [4.69, 9.17) is 5.73 Å². The molecule has 0 aliphatic rings. The Bertz CT molecular complexity index is 687. The van der Waals surface area contributed by atoms with Crippen molar-refractivity contribution in [3.63, 3.8) is 0 Å². The molecule has 6 heteroatoms. The topological polar surface area (TPSA) is 72.2 Å². The van der Waals surface area contributed by atoms with Gasteiger partial charge in [-0.05, 0) is 36.4 Å². The van der Waals surface area contributed by atoms with E-state index < -0.39 is 29.0 Å². The number of carbonyl (C=O) groups is 2. The SMILES string of the molecule is NC(=O)c1cccc(NC(=O)c2cc(F)ccc2F)c1. The zero-order valence-electron chi connectivity index (χ0n) is 10.2. The molecule has 2 amide bonds. The van der Waals surface area contributed by atoms with Crippen LogP contribution in [0.15, 0.2) is 42.5 Å². The Hall–Kier alpha value is -2.76. The van der Waals surface area contributed by atoms with E-state index in [1.54, 1.807) is 0 Å². The second kappa shape index (κ2) is 5.48. The van der Waals surface area contributed by atoms with E-state index in [1.807, 2.05) is 0 Å². The number of hydrogen-bond acceptors (Lipinski definition) is 2. The standard InChI is InChI=1S/C14H10F2N2O2/c15-9-4-5-12(16)11(7-9)14(20)18-10-3-1-2-8(6-10)13(17)19/h1-7H,(H2,17,19)(H,18,20). The molecule has 0 spiro atoms. The third-order valence-electron chi connectivity index (χ3n) is 2.58. The molecule has 102 valence electrons. The zero-order chi connectivity index (χ0) is 14.7. The lowest BCUT2D eigenvalue weighted by molar-refractivity contribution is 0.0995. The van der Waals surface area contributed by atoms with Crippen molar-refractivity contribution in [1.29, 1.82) is 0 Å². The van der Waals surface area contributed by atoms with Crippen molar-refractivity contribution in [3.05, 3.63) is 65.2 Å². The molecule has 2 aromatic rings. The van der Waals surface area contributed by atoms with Crippen molar-refractivity contribution in [2.45, 2.75) is 0 Å². The largest absolute Gasteiger partial charge is 0.366 e. The molecule has 0 saturated carbocycles. The van der Waals surface area contributed by atoms with Gasteiger partial charge in [0.1, 0.15) is 11.6 Å². The predicted molar refractivity (Wildman–Crippen MR) is 69.3 cm³/mol. The van der Waals surface area contributed by atoms with Crippen LogP contribution in [0, 0.1) is 11.6 Å². The van der Waals surface area contributed by atoms with Crippen molar-refractivity contribution >= 4 is 17.5 Å². The Morgan fingerprint density at radius 2 is 1.80 bits per heavy atom. The third-order valence-corrected chi connectivity index (χ3v) is 2.58. The molecule has 0 unspecified atom stereocenters. The number of hydrogen-bond donors (Lipinski definition) is 2. The molecule has 4 nitrogen and oxygen atoms in total.